The van der Waals surface area contributed by atoms with Crippen LogP contribution >= 0.6 is 11.3 Å². The summed E-state index contributed by atoms with van der Waals surface area (Å²) >= 11 is 1.18. The van der Waals surface area contributed by atoms with Crippen LogP contribution < -0.4 is 10.6 Å². The van der Waals surface area contributed by atoms with Crippen molar-refractivity contribution in [1.82, 2.24) is 5.32 Å². The second kappa shape index (κ2) is 8.47. The largest absolute Gasteiger partial charge is 0.450 e. The van der Waals surface area contributed by atoms with Crippen LogP contribution in [0.5, 0.6) is 0 Å². The third kappa shape index (κ3) is 4.04. The van der Waals surface area contributed by atoms with Gasteiger partial charge in [0.1, 0.15) is 22.2 Å². The van der Waals surface area contributed by atoms with Crippen LogP contribution in [0.15, 0.2) is 18.2 Å². The summed E-state index contributed by atoms with van der Waals surface area (Å²) in [6, 6.07) is 3.11. The van der Waals surface area contributed by atoms with Gasteiger partial charge in [0.05, 0.1) is 12.2 Å². The molecule has 9 heteroatoms. The van der Waals surface area contributed by atoms with Gasteiger partial charge < -0.3 is 10.1 Å². The van der Waals surface area contributed by atoms with Crippen LogP contribution in [-0.4, -0.2) is 24.5 Å². The number of halogens is 2. The van der Waals surface area contributed by atoms with Crippen LogP contribution in [0.25, 0.3) is 0 Å². The van der Waals surface area contributed by atoms with Crippen molar-refractivity contribution in [3.63, 3.8) is 0 Å². The van der Waals surface area contributed by atoms with Crippen molar-refractivity contribution in [2.45, 2.75) is 32.6 Å². The van der Waals surface area contributed by atoms with Gasteiger partial charge in [-0.2, -0.15) is 0 Å². The van der Waals surface area contributed by atoms with E-state index in [9.17, 15) is 23.2 Å². The maximum absolute atomic E-state index is 13.9. The topological polar surface area (TPSA) is 84.5 Å². The molecule has 0 saturated heterocycles. The van der Waals surface area contributed by atoms with Gasteiger partial charge in [-0.15, -0.1) is 11.3 Å². The van der Waals surface area contributed by atoms with E-state index in [0.717, 1.165) is 47.9 Å². The zero-order chi connectivity index (χ0) is 20.3. The SMILES string of the molecule is CCOC(=O)NC(=O)c1c(NC(=O)c2c(F)cccc2F)sc2c1CCCC2. The summed E-state index contributed by atoms with van der Waals surface area (Å²) < 4.78 is 32.5. The number of carbonyl (C=O) groups excluding carboxylic acids is 3. The predicted octanol–water partition coefficient (Wildman–Crippen LogP) is 4.04. The number of rotatable bonds is 4. The molecule has 0 saturated carbocycles. The summed E-state index contributed by atoms with van der Waals surface area (Å²) in [5.41, 5.74) is 0.144. The molecular formula is C19H18F2N2O4S. The minimum atomic E-state index is -1.00. The molecule has 2 N–H and O–H groups in total. The standard InChI is InChI=1S/C19H18F2N2O4S/c1-2-27-19(26)23-16(24)14-10-6-3-4-9-13(10)28-18(14)22-17(25)15-11(20)7-5-8-12(15)21/h5,7-8H,2-4,6,9H2,1H3,(H,22,25)(H,23,24,26). The fourth-order valence-corrected chi connectivity index (χ4v) is 4.38. The molecule has 0 radical (unpaired) electrons. The van der Waals surface area contributed by atoms with Gasteiger partial charge in [0.25, 0.3) is 11.8 Å². The molecule has 28 heavy (non-hydrogen) atoms. The van der Waals surface area contributed by atoms with Gasteiger partial charge in [0.15, 0.2) is 0 Å². The van der Waals surface area contributed by atoms with Gasteiger partial charge in [0, 0.05) is 4.88 Å². The molecule has 0 atom stereocenters. The summed E-state index contributed by atoms with van der Waals surface area (Å²) in [4.78, 5) is 37.6. The first kappa shape index (κ1) is 19.9. The third-order valence-electron chi connectivity index (χ3n) is 4.31. The lowest BCUT2D eigenvalue weighted by Crippen LogP contribution is -2.32. The fraction of sp³-hybridized carbons (Fsp3) is 0.316. The summed E-state index contributed by atoms with van der Waals surface area (Å²) in [6.07, 6.45) is 2.23. The highest BCUT2D eigenvalue weighted by Gasteiger charge is 2.28. The monoisotopic (exact) mass is 408 g/mol. The molecule has 0 spiro atoms. The lowest BCUT2D eigenvalue weighted by molar-refractivity contribution is 0.0925. The minimum Gasteiger partial charge on any atom is -0.450 e. The van der Waals surface area contributed by atoms with Gasteiger partial charge in [0.2, 0.25) is 0 Å². The smallest absolute Gasteiger partial charge is 0.414 e. The molecule has 6 nitrogen and oxygen atoms in total. The molecule has 1 aromatic carbocycles. The molecule has 2 aromatic rings. The quantitative estimate of drug-likeness (QED) is 0.800. The molecule has 1 aliphatic rings. The zero-order valence-electron chi connectivity index (χ0n) is 15.1. The highest BCUT2D eigenvalue weighted by atomic mass is 32.1. The highest BCUT2D eigenvalue weighted by Crippen LogP contribution is 2.38. The number of carbonyl (C=O) groups is 3. The van der Waals surface area contributed by atoms with Crippen LogP contribution in [0.4, 0.5) is 18.6 Å². The number of amides is 3. The lowest BCUT2D eigenvalue weighted by Gasteiger charge is -2.13. The maximum Gasteiger partial charge on any atom is 0.414 e. The average Bonchev–Trinajstić information content (AvgIpc) is 2.99. The van der Waals surface area contributed by atoms with E-state index in [1.807, 2.05) is 0 Å². The van der Waals surface area contributed by atoms with Gasteiger partial charge >= 0.3 is 6.09 Å². The van der Waals surface area contributed by atoms with E-state index >= 15 is 0 Å². The van der Waals surface area contributed by atoms with Crippen molar-refractivity contribution in [3.05, 3.63) is 51.4 Å². The Balaban J connectivity index is 1.94. The van der Waals surface area contributed by atoms with Gasteiger partial charge in [-0.3, -0.25) is 14.9 Å². The van der Waals surface area contributed by atoms with Gasteiger partial charge in [-0.1, -0.05) is 6.07 Å². The van der Waals surface area contributed by atoms with E-state index in [-0.39, 0.29) is 17.2 Å². The molecular weight excluding hydrogens is 390 g/mol. The Kier molecular flexibility index (Phi) is 6.03. The molecule has 1 aliphatic carbocycles. The van der Waals surface area contributed by atoms with Crippen LogP contribution in [0.1, 0.15) is 50.9 Å². The number of hydrogen-bond donors (Lipinski definition) is 2. The Morgan fingerprint density at radius 1 is 1.07 bits per heavy atom. The first-order chi connectivity index (χ1) is 13.4. The number of aryl methyl sites for hydroxylation is 1. The van der Waals surface area contributed by atoms with E-state index < -0.39 is 35.1 Å². The number of thiophene rings is 1. The maximum atomic E-state index is 13.9. The number of benzene rings is 1. The van der Waals surface area contributed by atoms with Crippen molar-refractivity contribution in [2.75, 3.05) is 11.9 Å². The zero-order valence-corrected chi connectivity index (χ0v) is 15.9. The molecule has 0 bridgehead atoms. The number of anilines is 1. The van der Waals surface area contributed by atoms with Crippen molar-refractivity contribution >= 4 is 34.2 Å². The number of nitrogens with one attached hydrogen (secondary N) is 2. The Hall–Kier alpha value is -2.81. The molecule has 148 valence electrons. The average molecular weight is 408 g/mol. The van der Waals surface area contributed by atoms with Crippen molar-refractivity contribution in [3.8, 4) is 0 Å². The van der Waals surface area contributed by atoms with Crippen LogP contribution in [-0.2, 0) is 17.6 Å². The van der Waals surface area contributed by atoms with E-state index in [4.69, 9.17) is 4.74 Å². The summed E-state index contributed by atoms with van der Waals surface area (Å²) in [6.45, 7) is 1.70. The fourth-order valence-electron chi connectivity index (χ4n) is 3.10. The van der Waals surface area contributed by atoms with E-state index in [2.05, 4.69) is 10.6 Å². The van der Waals surface area contributed by atoms with E-state index in [1.165, 1.54) is 11.3 Å². The van der Waals surface area contributed by atoms with E-state index in [1.54, 1.807) is 6.92 Å². The molecule has 1 aromatic heterocycles. The van der Waals surface area contributed by atoms with Crippen LogP contribution in [0, 0.1) is 11.6 Å². The highest BCUT2D eigenvalue weighted by molar-refractivity contribution is 7.17. The Bertz CT molecular complexity index is 922. The number of fused-ring (bicyclic) bond motifs is 1. The first-order valence-electron chi connectivity index (χ1n) is 8.80. The summed E-state index contributed by atoms with van der Waals surface area (Å²) in [7, 11) is 0. The Morgan fingerprint density at radius 3 is 2.43 bits per heavy atom. The second-order valence-electron chi connectivity index (χ2n) is 6.14. The minimum absolute atomic E-state index is 0.0943. The molecule has 1 heterocycles. The molecule has 0 unspecified atom stereocenters. The molecule has 0 aliphatic heterocycles. The Labute approximate surface area is 163 Å². The van der Waals surface area contributed by atoms with Crippen molar-refractivity contribution in [2.24, 2.45) is 0 Å². The number of imide groups is 1. The normalized spacial score (nSPS) is 12.8. The number of ether oxygens (including phenoxy) is 1. The van der Waals surface area contributed by atoms with E-state index in [0.29, 0.717) is 6.42 Å². The lowest BCUT2D eigenvalue weighted by atomic mass is 9.95. The van der Waals surface area contributed by atoms with Gasteiger partial charge in [-0.25, -0.2) is 13.6 Å². The summed E-state index contributed by atoms with van der Waals surface area (Å²) in [5.74, 6) is -3.73. The van der Waals surface area contributed by atoms with Crippen molar-refractivity contribution in [1.29, 1.82) is 0 Å². The molecule has 3 rings (SSSR count). The molecule has 0 fully saturated rings. The Morgan fingerprint density at radius 2 is 1.75 bits per heavy atom. The molecule has 3 amide bonds. The predicted molar refractivity (Wildman–Crippen MR) is 99.8 cm³/mol. The van der Waals surface area contributed by atoms with Gasteiger partial charge in [-0.05, 0) is 50.3 Å². The number of alkyl carbamates (subject to hydrolysis) is 1. The van der Waals surface area contributed by atoms with Crippen LogP contribution in [0.2, 0.25) is 0 Å². The number of hydrogen-bond acceptors (Lipinski definition) is 5. The second-order valence-corrected chi connectivity index (χ2v) is 7.25. The summed E-state index contributed by atoms with van der Waals surface area (Å²) in [5, 5.41) is 4.71. The van der Waals surface area contributed by atoms with Crippen LogP contribution in [0.3, 0.4) is 0 Å². The first-order valence-corrected chi connectivity index (χ1v) is 9.62. The third-order valence-corrected chi connectivity index (χ3v) is 5.51. The van der Waals surface area contributed by atoms with Crippen molar-refractivity contribution < 1.29 is 27.9 Å².